The molecule has 0 atom stereocenters. The van der Waals surface area contributed by atoms with Crippen LogP contribution in [0.1, 0.15) is 53.4 Å². The highest BCUT2D eigenvalue weighted by Crippen LogP contribution is 2.14. The third-order valence-electron chi connectivity index (χ3n) is 2.53. The van der Waals surface area contributed by atoms with Crippen LogP contribution in [0, 0.1) is 0 Å². The molecule has 0 saturated heterocycles. The van der Waals surface area contributed by atoms with Gasteiger partial charge >= 0.3 is 8.80 Å². The van der Waals surface area contributed by atoms with Gasteiger partial charge in [0.25, 0.3) is 0 Å². The van der Waals surface area contributed by atoms with E-state index >= 15 is 0 Å². The van der Waals surface area contributed by atoms with Crippen molar-refractivity contribution < 1.29 is 13.3 Å². The van der Waals surface area contributed by atoms with Crippen molar-refractivity contribution in [2.75, 3.05) is 19.8 Å². The van der Waals surface area contributed by atoms with Crippen LogP contribution in [0.2, 0.25) is 0 Å². The molecule has 0 aromatic rings. The Balaban J connectivity index is 4.80. The van der Waals surface area contributed by atoms with E-state index < -0.39 is 8.80 Å². The molecule has 4 heteroatoms. The van der Waals surface area contributed by atoms with Gasteiger partial charge in [-0.1, -0.05) is 58.1 Å². The second-order valence-electron chi connectivity index (χ2n) is 4.73. The van der Waals surface area contributed by atoms with Crippen molar-refractivity contribution in [2.24, 2.45) is 0 Å². The lowest BCUT2D eigenvalue weighted by Crippen LogP contribution is -2.45. The summed E-state index contributed by atoms with van der Waals surface area (Å²) in [6.07, 6.45) is 14.1. The Kier molecular flexibility index (Phi) is 13.8. The first-order valence-electron chi connectivity index (χ1n) is 8.17. The minimum absolute atomic E-state index is 0.670. The summed E-state index contributed by atoms with van der Waals surface area (Å²) in [5, 5.41) is 0. The largest absolute Gasteiger partial charge is 0.529 e. The molecule has 0 saturated carbocycles. The number of allylic oxidation sites excluding steroid dienone is 5. The predicted octanol–water partition coefficient (Wildman–Crippen LogP) is 4.82. The van der Waals surface area contributed by atoms with E-state index in [4.69, 9.17) is 13.3 Å². The number of hydrogen-bond donors (Lipinski definition) is 0. The smallest absolute Gasteiger partial charge is 0.370 e. The van der Waals surface area contributed by atoms with E-state index in [1.165, 1.54) is 0 Å². The van der Waals surface area contributed by atoms with Crippen LogP contribution >= 0.6 is 0 Å². The average Bonchev–Trinajstić information content (AvgIpc) is 2.51. The zero-order chi connectivity index (χ0) is 15.8. The van der Waals surface area contributed by atoms with E-state index in [9.17, 15) is 0 Å². The molecule has 0 aromatic carbocycles. The predicted molar refractivity (Wildman–Crippen MR) is 92.2 cm³/mol. The van der Waals surface area contributed by atoms with E-state index in [0.29, 0.717) is 19.8 Å². The Morgan fingerprint density at radius 3 is 1.57 bits per heavy atom. The van der Waals surface area contributed by atoms with E-state index in [2.05, 4.69) is 33.8 Å². The molecule has 0 aliphatic carbocycles. The molecule has 0 heterocycles. The molecule has 0 spiro atoms. The second-order valence-corrected chi connectivity index (χ2v) is 7.14. The van der Waals surface area contributed by atoms with Gasteiger partial charge in [0.15, 0.2) is 0 Å². The van der Waals surface area contributed by atoms with Crippen LogP contribution in [0.5, 0.6) is 0 Å². The zero-order valence-corrected chi connectivity index (χ0v) is 15.1. The van der Waals surface area contributed by atoms with Crippen LogP contribution in [0.3, 0.4) is 0 Å². The van der Waals surface area contributed by atoms with Crippen LogP contribution in [-0.4, -0.2) is 28.6 Å². The van der Waals surface area contributed by atoms with Crippen molar-refractivity contribution in [2.45, 2.75) is 53.4 Å². The summed E-state index contributed by atoms with van der Waals surface area (Å²) in [6, 6.07) is 0. The van der Waals surface area contributed by atoms with Gasteiger partial charge in [-0.3, -0.25) is 0 Å². The maximum atomic E-state index is 5.97. The normalized spacial score (nSPS) is 13.1. The van der Waals surface area contributed by atoms with Gasteiger partial charge in [-0.15, -0.1) is 0 Å². The van der Waals surface area contributed by atoms with Gasteiger partial charge in [0.1, 0.15) is 0 Å². The third-order valence-corrected chi connectivity index (χ3v) is 4.95. The lowest BCUT2D eigenvalue weighted by molar-refractivity contribution is 0.0716. The van der Waals surface area contributed by atoms with Crippen molar-refractivity contribution in [3.8, 4) is 0 Å². The van der Waals surface area contributed by atoms with Gasteiger partial charge in [-0.25, -0.2) is 0 Å². The monoisotopic (exact) mass is 312 g/mol. The fourth-order valence-corrected chi connectivity index (χ4v) is 3.87. The maximum absolute atomic E-state index is 5.97. The summed E-state index contributed by atoms with van der Waals surface area (Å²) in [5.74, 6) is 0. The van der Waals surface area contributed by atoms with Crippen molar-refractivity contribution >= 4 is 8.80 Å². The van der Waals surface area contributed by atoms with Gasteiger partial charge < -0.3 is 13.3 Å². The Hall–Kier alpha value is -0.683. The molecule has 0 aliphatic rings. The van der Waals surface area contributed by atoms with Crippen LogP contribution in [0.4, 0.5) is 0 Å². The fourth-order valence-electron chi connectivity index (χ4n) is 1.52. The zero-order valence-electron chi connectivity index (χ0n) is 14.1. The summed E-state index contributed by atoms with van der Waals surface area (Å²) in [4.78, 5) is 0. The maximum Gasteiger partial charge on any atom is 0.529 e. The molecule has 0 bridgehead atoms. The molecule has 122 valence electrons. The first-order valence-corrected chi connectivity index (χ1v) is 9.97. The molecular weight excluding hydrogens is 280 g/mol. The molecule has 0 aliphatic heterocycles. The Labute approximate surface area is 132 Å². The highest BCUT2D eigenvalue weighted by Gasteiger charge is 2.37. The molecule has 0 radical (unpaired) electrons. The SMILES string of the molecule is CC/C=C/C=C/C=C/[Si](OCCC)(OCCC)OCCC. The average molecular weight is 313 g/mol. The Morgan fingerprint density at radius 2 is 1.14 bits per heavy atom. The summed E-state index contributed by atoms with van der Waals surface area (Å²) in [7, 11) is -2.68. The number of rotatable bonds is 13. The topological polar surface area (TPSA) is 27.7 Å². The fraction of sp³-hybridized carbons (Fsp3) is 0.647. The van der Waals surface area contributed by atoms with Crippen molar-refractivity contribution in [1.29, 1.82) is 0 Å². The molecule has 0 fully saturated rings. The van der Waals surface area contributed by atoms with Crippen LogP contribution in [-0.2, 0) is 13.3 Å². The van der Waals surface area contributed by atoms with Gasteiger partial charge in [-0.2, -0.15) is 0 Å². The molecule has 0 aromatic heterocycles. The minimum atomic E-state index is -2.68. The van der Waals surface area contributed by atoms with E-state index in [-0.39, 0.29) is 0 Å². The van der Waals surface area contributed by atoms with E-state index in [0.717, 1.165) is 25.7 Å². The van der Waals surface area contributed by atoms with E-state index in [1.807, 2.05) is 30.0 Å². The molecule has 3 nitrogen and oxygen atoms in total. The van der Waals surface area contributed by atoms with Crippen LogP contribution < -0.4 is 0 Å². The van der Waals surface area contributed by atoms with Gasteiger partial charge in [0, 0.05) is 19.8 Å². The highest BCUT2D eigenvalue weighted by molar-refractivity contribution is 6.66. The molecule has 0 amide bonds. The summed E-state index contributed by atoms with van der Waals surface area (Å²) < 4.78 is 17.9. The van der Waals surface area contributed by atoms with Crippen LogP contribution in [0.15, 0.2) is 36.1 Å². The quantitative estimate of drug-likeness (QED) is 0.360. The minimum Gasteiger partial charge on any atom is -0.370 e. The Morgan fingerprint density at radius 1 is 0.667 bits per heavy atom. The van der Waals surface area contributed by atoms with Crippen molar-refractivity contribution in [3.05, 3.63) is 36.1 Å². The van der Waals surface area contributed by atoms with Gasteiger partial charge in [0.2, 0.25) is 0 Å². The lowest BCUT2D eigenvalue weighted by atomic mass is 10.4. The van der Waals surface area contributed by atoms with E-state index in [1.54, 1.807) is 0 Å². The third kappa shape index (κ3) is 10.7. The van der Waals surface area contributed by atoms with Gasteiger partial charge in [-0.05, 0) is 31.4 Å². The first kappa shape index (κ1) is 20.3. The summed E-state index contributed by atoms with van der Waals surface area (Å²) >= 11 is 0. The molecule has 0 rings (SSSR count). The van der Waals surface area contributed by atoms with Crippen LogP contribution in [0.25, 0.3) is 0 Å². The molecule has 0 unspecified atom stereocenters. The molecule has 21 heavy (non-hydrogen) atoms. The molecule has 0 N–H and O–H groups in total. The highest BCUT2D eigenvalue weighted by atomic mass is 28.4. The molecular formula is C17H32O3Si. The summed E-state index contributed by atoms with van der Waals surface area (Å²) in [6.45, 7) is 10.4. The second kappa shape index (κ2) is 14.3. The number of hydrogen-bond acceptors (Lipinski definition) is 3. The Bertz CT molecular complexity index is 289. The van der Waals surface area contributed by atoms with Crippen molar-refractivity contribution in [1.82, 2.24) is 0 Å². The van der Waals surface area contributed by atoms with Gasteiger partial charge in [0.05, 0.1) is 0 Å². The lowest BCUT2D eigenvalue weighted by Gasteiger charge is -2.26. The van der Waals surface area contributed by atoms with Crippen molar-refractivity contribution in [3.63, 3.8) is 0 Å². The first-order chi connectivity index (χ1) is 10.2. The summed E-state index contributed by atoms with van der Waals surface area (Å²) in [5.41, 5.74) is 1.99. The standard InChI is InChI=1S/C17H32O3Si/c1-5-9-10-11-12-13-17-21(18-14-6-2,19-15-7-3)20-16-8-4/h9-13,17H,5-8,14-16H2,1-4H3/b10-9+,12-11+,17-13+.